The molecule has 0 radical (unpaired) electrons. The lowest BCUT2D eigenvalue weighted by molar-refractivity contribution is -0.138. The fraction of sp³-hybridized carbons (Fsp3) is 0.571. The molecular formula is C14H19NO4. The largest absolute Gasteiger partial charge is 0.480 e. The third kappa shape index (κ3) is 3.16. The number of furan rings is 1. The molecule has 0 aliphatic heterocycles. The SMILES string of the molecule is CCc1ccc(C(=O)N(CC(=O)O)C2CCCC2)o1. The van der Waals surface area contributed by atoms with Gasteiger partial charge in [-0.3, -0.25) is 9.59 Å². The van der Waals surface area contributed by atoms with Crippen molar-refractivity contribution in [1.29, 1.82) is 0 Å². The van der Waals surface area contributed by atoms with Gasteiger partial charge in [0.25, 0.3) is 5.91 Å². The van der Waals surface area contributed by atoms with Gasteiger partial charge in [-0.1, -0.05) is 19.8 Å². The normalized spacial score (nSPS) is 15.6. The minimum atomic E-state index is -0.984. The van der Waals surface area contributed by atoms with Gasteiger partial charge in [-0.2, -0.15) is 0 Å². The van der Waals surface area contributed by atoms with Gasteiger partial charge in [0.2, 0.25) is 0 Å². The van der Waals surface area contributed by atoms with Crippen LogP contribution in [0.5, 0.6) is 0 Å². The number of carboxylic acids is 1. The molecule has 19 heavy (non-hydrogen) atoms. The van der Waals surface area contributed by atoms with Crippen LogP contribution in [-0.2, 0) is 11.2 Å². The second-order valence-corrected chi connectivity index (χ2v) is 4.88. The van der Waals surface area contributed by atoms with E-state index in [1.165, 1.54) is 4.90 Å². The highest BCUT2D eigenvalue weighted by atomic mass is 16.4. The first kappa shape index (κ1) is 13.6. The van der Waals surface area contributed by atoms with Crippen molar-refractivity contribution >= 4 is 11.9 Å². The van der Waals surface area contributed by atoms with E-state index in [2.05, 4.69) is 0 Å². The van der Waals surface area contributed by atoms with Crippen LogP contribution in [0.1, 0.15) is 48.9 Å². The molecule has 1 aromatic rings. The molecule has 1 aliphatic rings. The van der Waals surface area contributed by atoms with E-state index in [9.17, 15) is 9.59 Å². The number of hydrogen-bond donors (Lipinski definition) is 1. The smallest absolute Gasteiger partial charge is 0.323 e. The number of carboxylic acid groups (broad SMARTS) is 1. The number of rotatable bonds is 5. The third-order valence-corrected chi connectivity index (χ3v) is 3.55. The van der Waals surface area contributed by atoms with Gasteiger partial charge in [0.1, 0.15) is 12.3 Å². The van der Waals surface area contributed by atoms with Crippen LogP contribution in [0.4, 0.5) is 0 Å². The Labute approximate surface area is 112 Å². The topological polar surface area (TPSA) is 70.8 Å². The van der Waals surface area contributed by atoms with E-state index in [1.54, 1.807) is 12.1 Å². The summed E-state index contributed by atoms with van der Waals surface area (Å²) in [4.78, 5) is 24.7. The summed E-state index contributed by atoms with van der Waals surface area (Å²) in [5.74, 6) is -0.313. The summed E-state index contributed by atoms with van der Waals surface area (Å²) in [5.41, 5.74) is 0. The van der Waals surface area contributed by atoms with E-state index in [0.717, 1.165) is 37.9 Å². The fourth-order valence-corrected chi connectivity index (χ4v) is 2.55. The highest BCUT2D eigenvalue weighted by Gasteiger charge is 2.30. The van der Waals surface area contributed by atoms with E-state index < -0.39 is 5.97 Å². The summed E-state index contributed by atoms with van der Waals surface area (Å²) in [6.45, 7) is 1.69. The Morgan fingerprint density at radius 1 is 1.37 bits per heavy atom. The minimum Gasteiger partial charge on any atom is -0.480 e. The summed E-state index contributed by atoms with van der Waals surface area (Å²) in [6, 6.07) is 3.42. The quantitative estimate of drug-likeness (QED) is 0.886. The van der Waals surface area contributed by atoms with Crippen molar-refractivity contribution in [2.24, 2.45) is 0 Å². The Morgan fingerprint density at radius 2 is 2.05 bits per heavy atom. The molecule has 0 atom stereocenters. The number of aliphatic carboxylic acids is 1. The van der Waals surface area contributed by atoms with Crippen molar-refractivity contribution in [1.82, 2.24) is 4.90 Å². The first-order valence-electron chi connectivity index (χ1n) is 6.73. The van der Waals surface area contributed by atoms with E-state index in [-0.39, 0.29) is 24.3 Å². The number of nitrogens with zero attached hydrogens (tertiary/aromatic N) is 1. The molecule has 1 fully saturated rings. The summed E-state index contributed by atoms with van der Waals surface area (Å²) in [6.07, 6.45) is 4.56. The predicted octanol–water partition coefficient (Wildman–Crippen LogP) is 2.31. The molecular weight excluding hydrogens is 246 g/mol. The van der Waals surface area contributed by atoms with E-state index in [1.807, 2.05) is 6.92 Å². The number of carbonyl (C=O) groups excluding carboxylic acids is 1. The fourth-order valence-electron chi connectivity index (χ4n) is 2.55. The van der Waals surface area contributed by atoms with Crippen LogP contribution in [0, 0.1) is 0 Å². The first-order chi connectivity index (χ1) is 9.11. The lowest BCUT2D eigenvalue weighted by Crippen LogP contribution is -2.42. The Bertz CT molecular complexity index is 460. The highest BCUT2D eigenvalue weighted by Crippen LogP contribution is 2.25. The molecule has 0 saturated heterocycles. The first-order valence-corrected chi connectivity index (χ1v) is 6.73. The molecule has 0 aromatic carbocycles. The Hall–Kier alpha value is -1.78. The summed E-state index contributed by atoms with van der Waals surface area (Å²) >= 11 is 0. The summed E-state index contributed by atoms with van der Waals surface area (Å²) < 4.78 is 5.43. The van der Waals surface area contributed by atoms with Crippen LogP contribution in [0.3, 0.4) is 0 Å². The van der Waals surface area contributed by atoms with E-state index in [0.29, 0.717) is 0 Å². The van der Waals surface area contributed by atoms with Gasteiger partial charge >= 0.3 is 5.97 Å². The minimum absolute atomic E-state index is 0.0266. The Morgan fingerprint density at radius 3 is 2.58 bits per heavy atom. The Balaban J connectivity index is 2.16. The Kier molecular flexibility index (Phi) is 4.24. The molecule has 2 rings (SSSR count). The molecule has 1 aromatic heterocycles. The number of hydrogen-bond acceptors (Lipinski definition) is 3. The molecule has 5 heteroatoms. The van der Waals surface area contributed by atoms with Crippen molar-refractivity contribution < 1.29 is 19.1 Å². The van der Waals surface area contributed by atoms with Crippen LogP contribution < -0.4 is 0 Å². The molecule has 1 amide bonds. The van der Waals surface area contributed by atoms with Gasteiger partial charge in [-0.15, -0.1) is 0 Å². The highest BCUT2D eigenvalue weighted by molar-refractivity contribution is 5.93. The molecule has 0 bridgehead atoms. The number of aryl methyl sites for hydroxylation is 1. The lowest BCUT2D eigenvalue weighted by atomic mass is 10.2. The van der Waals surface area contributed by atoms with Gasteiger partial charge in [-0.25, -0.2) is 0 Å². The molecule has 0 spiro atoms. The maximum Gasteiger partial charge on any atom is 0.323 e. The zero-order valence-corrected chi connectivity index (χ0v) is 11.1. The zero-order chi connectivity index (χ0) is 13.8. The molecule has 5 nitrogen and oxygen atoms in total. The number of amides is 1. The van der Waals surface area contributed by atoms with Gasteiger partial charge in [0, 0.05) is 12.5 Å². The van der Waals surface area contributed by atoms with Crippen LogP contribution >= 0.6 is 0 Å². The number of carbonyl (C=O) groups is 2. The van der Waals surface area contributed by atoms with Crippen molar-refractivity contribution in [3.8, 4) is 0 Å². The summed E-state index contributed by atoms with van der Waals surface area (Å²) in [7, 11) is 0. The second-order valence-electron chi connectivity index (χ2n) is 4.88. The molecule has 1 saturated carbocycles. The van der Waals surface area contributed by atoms with Crippen LogP contribution in [0.2, 0.25) is 0 Å². The maximum absolute atomic E-state index is 12.4. The van der Waals surface area contributed by atoms with E-state index >= 15 is 0 Å². The molecule has 1 heterocycles. The predicted molar refractivity (Wildman–Crippen MR) is 69.0 cm³/mol. The molecule has 1 aliphatic carbocycles. The van der Waals surface area contributed by atoms with Crippen LogP contribution in [0.15, 0.2) is 16.5 Å². The van der Waals surface area contributed by atoms with E-state index in [4.69, 9.17) is 9.52 Å². The van der Waals surface area contributed by atoms with Crippen LogP contribution in [0.25, 0.3) is 0 Å². The van der Waals surface area contributed by atoms with Gasteiger partial charge in [0.05, 0.1) is 0 Å². The van der Waals surface area contributed by atoms with Gasteiger partial charge in [-0.05, 0) is 25.0 Å². The maximum atomic E-state index is 12.4. The monoisotopic (exact) mass is 265 g/mol. The molecule has 0 unspecified atom stereocenters. The lowest BCUT2D eigenvalue weighted by Gasteiger charge is -2.26. The van der Waals surface area contributed by atoms with Crippen molar-refractivity contribution in [3.05, 3.63) is 23.7 Å². The van der Waals surface area contributed by atoms with Crippen LogP contribution in [-0.4, -0.2) is 34.5 Å². The molecule has 1 N–H and O–H groups in total. The van der Waals surface area contributed by atoms with Crippen molar-refractivity contribution in [3.63, 3.8) is 0 Å². The average molecular weight is 265 g/mol. The van der Waals surface area contributed by atoms with Gasteiger partial charge < -0.3 is 14.4 Å². The van der Waals surface area contributed by atoms with Crippen molar-refractivity contribution in [2.45, 2.75) is 45.1 Å². The average Bonchev–Trinajstić information content (AvgIpc) is 3.05. The zero-order valence-electron chi connectivity index (χ0n) is 11.1. The van der Waals surface area contributed by atoms with Crippen molar-refractivity contribution in [2.75, 3.05) is 6.54 Å². The standard InChI is InChI=1S/C14H19NO4/c1-2-11-7-8-12(19-11)14(18)15(9-13(16)17)10-5-3-4-6-10/h7-8,10H,2-6,9H2,1H3,(H,16,17). The summed E-state index contributed by atoms with van der Waals surface area (Å²) in [5, 5.41) is 8.97. The second kappa shape index (κ2) is 5.91. The van der Waals surface area contributed by atoms with Gasteiger partial charge in [0.15, 0.2) is 5.76 Å². The third-order valence-electron chi connectivity index (χ3n) is 3.55. The molecule has 104 valence electrons.